The van der Waals surface area contributed by atoms with Crippen molar-refractivity contribution in [3.63, 3.8) is 0 Å². The van der Waals surface area contributed by atoms with Crippen molar-refractivity contribution in [1.29, 1.82) is 0 Å². The summed E-state index contributed by atoms with van der Waals surface area (Å²) in [6, 6.07) is 9.25. The third kappa shape index (κ3) is 3.90. The van der Waals surface area contributed by atoms with Gasteiger partial charge >= 0.3 is 0 Å². The molecule has 0 saturated heterocycles. The minimum atomic E-state index is -0.481. The molecular weight excluding hydrogens is 327 g/mol. The number of carbonyl (C=O) groups excluding carboxylic acids is 1. The van der Waals surface area contributed by atoms with E-state index in [4.69, 9.17) is 27.9 Å². The SMILES string of the molecule is COc1ccc(/C=N\NC(=O)c2ccc(Cl)cc2Cl)c(O)c1. The normalized spacial score (nSPS) is 10.7. The van der Waals surface area contributed by atoms with E-state index in [9.17, 15) is 9.90 Å². The Morgan fingerprint density at radius 1 is 1.27 bits per heavy atom. The zero-order chi connectivity index (χ0) is 16.1. The van der Waals surface area contributed by atoms with E-state index in [1.807, 2.05) is 0 Å². The number of hydrogen-bond acceptors (Lipinski definition) is 4. The average Bonchev–Trinajstić information content (AvgIpc) is 2.48. The second-order valence-corrected chi connectivity index (χ2v) is 5.09. The van der Waals surface area contributed by atoms with Crippen molar-refractivity contribution in [3.8, 4) is 11.5 Å². The number of methoxy groups -OCH3 is 1. The number of hydrazone groups is 1. The van der Waals surface area contributed by atoms with Crippen LogP contribution in [-0.2, 0) is 0 Å². The minimum Gasteiger partial charge on any atom is -0.507 e. The van der Waals surface area contributed by atoms with Crippen LogP contribution in [0.4, 0.5) is 0 Å². The molecule has 0 saturated carbocycles. The van der Waals surface area contributed by atoms with E-state index < -0.39 is 5.91 Å². The lowest BCUT2D eigenvalue weighted by molar-refractivity contribution is 0.0955. The Hall–Kier alpha value is -2.24. The number of ether oxygens (including phenoxy) is 1. The summed E-state index contributed by atoms with van der Waals surface area (Å²) >= 11 is 11.7. The zero-order valence-corrected chi connectivity index (χ0v) is 13.0. The summed E-state index contributed by atoms with van der Waals surface area (Å²) in [5.74, 6) is 0.0272. The number of carbonyl (C=O) groups is 1. The molecule has 0 aromatic heterocycles. The van der Waals surface area contributed by atoms with Gasteiger partial charge in [0, 0.05) is 16.7 Å². The van der Waals surface area contributed by atoms with Crippen LogP contribution in [0.3, 0.4) is 0 Å². The number of rotatable bonds is 4. The van der Waals surface area contributed by atoms with Gasteiger partial charge in [-0.2, -0.15) is 5.10 Å². The monoisotopic (exact) mass is 338 g/mol. The van der Waals surface area contributed by atoms with E-state index in [1.54, 1.807) is 18.2 Å². The van der Waals surface area contributed by atoms with Gasteiger partial charge in [0.1, 0.15) is 11.5 Å². The molecule has 7 heteroatoms. The molecule has 0 aliphatic carbocycles. The van der Waals surface area contributed by atoms with E-state index in [1.165, 1.54) is 31.5 Å². The van der Waals surface area contributed by atoms with Crippen molar-refractivity contribution in [3.05, 3.63) is 57.6 Å². The van der Waals surface area contributed by atoms with Crippen molar-refractivity contribution in [2.24, 2.45) is 5.10 Å². The number of aromatic hydroxyl groups is 1. The molecule has 0 radical (unpaired) electrons. The van der Waals surface area contributed by atoms with Crippen LogP contribution in [0.2, 0.25) is 10.0 Å². The first-order chi connectivity index (χ1) is 10.5. The molecule has 0 spiro atoms. The van der Waals surface area contributed by atoms with Crippen LogP contribution >= 0.6 is 23.2 Å². The number of benzene rings is 2. The second kappa shape index (κ2) is 7.15. The van der Waals surface area contributed by atoms with E-state index in [2.05, 4.69) is 10.5 Å². The van der Waals surface area contributed by atoms with Crippen LogP contribution in [0.25, 0.3) is 0 Å². The van der Waals surface area contributed by atoms with Crippen molar-refractivity contribution < 1.29 is 14.6 Å². The molecule has 0 unspecified atom stereocenters. The van der Waals surface area contributed by atoms with Crippen LogP contribution < -0.4 is 10.2 Å². The molecule has 0 atom stereocenters. The molecule has 0 fully saturated rings. The van der Waals surface area contributed by atoms with E-state index in [0.29, 0.717) is 16.3 Å². The predicted molar refractivity (Wildman–Crippen MR) is 86.2 cm³/mol. The molecule has 1 amide bonds. The number of phenols is 1. The summed E-state index contributed by atoms with van der Waals surface area (Å²) in [7, 11) is 1.50. The molecule has 0 heterocycles. The van der Waals surface area contributed by atoms with Gasteiger partial charge in [0.05, 0.1) is 23.9 Å². The third-order valence-electron chi connectivity index (χ3n) is 2.78. The standard InChI is InChI=1S/C15H12Cl2N2O3/c1-22-11-4-2-9(14(20)7-11)8-18-19-15(21)12-5-3-10(16)6-13(12)17/h2-8,20H,1H3,(H,19,21)/b18-8-. The maximum absolute atomic E-state index is 11.9. The largest absolute Gasteiger partial charge is 0.507 e. The Bertz CT molecular complexity index is 733. The van der Waals surface area contributed by atoms with Gasteiger partial charge < -0.3 is 9.84 Å². The number of nitrogens with one attached hydrogen (secondary N) is 1. The number of halogens is 2. The molecule has 114 valence electrons. The molecule has 2 N–H and O–H groups in total. The molecule has 2 aromatic carbocycles. The first-order valence-corrected chi connectivity index (χ1v) is 6.92. The highest BCUT2D eigenvalue weighted by Crippen LogP contribution is 2.22. The fourth-order valence-corrected chi connectivity index (χ4v) is 2.15. The van der Waals surface area contributed by atoms with Gasteiger partial charge in [0.25, 0.3) is 5.91 Å². The van der Waals surface area contributed by atoms with Crippen LogP contribution in [-0.4, -0.2) is 24.3 Å². The van der Waals surface area contributed by atoms with E-state index >= 15 is 0 Å². The Morgan fingerprint density at radius 3 is 2.68 bits per heavy atom. The van der Waals surface area contributed by atoms with Gasteiger partial charge in [-0.15, -0.1) is 0 Å². The molecule has 0 aliphatic heterocycles. The fourth-order valence-electron chi connectivity index (χ4n) is 1.65. The molecule has 22 heavy (non-hydrogen) atoms. The molecule has 5 nitrogen and oxygen atoms in total. The summed E-state index contributed by atoms with van der Waals surface area (Å²) in [5, 5.41) is 14.2. The topological polar surface area (TPSA) is 70.9 Å². The van der Waals surface area contributed by atoms with Gasteiger partial charge in [-0.25, -0.2) is 5.43 Å². The Balaban J connectivity index is 2.07. The van der Waals surface area contributed by atoms with Crippen molar-refractivity contribution >= 4 is 35.3 Å². The Morgan fingerprint density at radius 2 is 2.05 bits per heavy atom. The summed E-state index contributed by atoms with van der Waals surface area (Å²) < 4.78 is 4.97. The average molecular weight is 339 g/mol. The molecular formula is C15H12Cl2N2O3. The lowest BCUT2D eigenvalue weighted by atomic mass is 10.2. The highest BCUT2D eigenvalue weighted by Gasteiger charge is 2.09. The first-order valence-electron chi connectivity index (χ1n) is 6.16. The highest BCUT2D eigenvalue weighted by atomic mass is 35.5. The fraction of sp³-hybridized carbons (Fsp3) is 0.0667. The lowest BCUT2D eigenvalue weighted by Gasteiger charge is -2.04. The summed E-state index contributed by atoms with van der Waals surface area (Å²) in [4.78, 5) is 11.9. The first kappa shape index (κ1) is 16.1. The predicted octanol–water partition coefficient (Wildman–Crippen LogP) is 3.47. The smallest absolute Gasteiger partial charge is 0.272 e. The summed E-state index contributed by atoms with van der Waals surface area (Å²) in [6.07, 6.45) is 1.32. The Labute approximate surface area is 137 Å². The van der Waals surface area contributed by atoms with Crippen molar-refractivity contribution in [2.75, 3.05) is 7.11 Å². The van der Waals surface area contributed by atoms with Crippen LogP contribution in [0.1, 0.15) is 15.9 Å². The number of hydrogen-bond donors (Lipinski definition) is 2. The van der Waals surface area contributed by atoms with Crippen LogP contribution in [0.15, 0.2) is 41.5 Å². The summed E-state index contributed by atoms with van der Waals surface area (Å²) in [5.41, 5.74) is 3.01. The van der Waals surface area contributed by atoms with Crippen molar-refractivity contribution in [2.45, 2.75) is 0 Å². The maximum atomic E-state index is 11.9. The number of amides is 1. The molecule has 0 bridgehead atoms. The number of phenolic OH excluding ortho intramolecular Hbond substituents is 1. The third-order valence-corrected chi connectivity index (χ3v) is 3.33. The second-order valence-electron chi connectivity index (χ2n) is 4.25. The van der Waals surface area contributed by atoms with Crippen LogP contribution in [0.5, 0.6) is 11.5 Å². The van der Waals surface area contributed by atoms with E-state index in [-0.39, 0.29) is 16.3 Å². The van der Waals surface area contributed by atoms with Crippen LogP contribution in [0, 0.1) is 0 Å². The van der Waals surface area contributed by atoms with Gasteiger partial charge in [-0.1, -0.05) is 23.2 Å². The Kier molecular flexibility index (Phi) is 5.25. The molecule has 2 rings (SSSR count). The minimum absolute atomic E-state index is 0.0122. The lowest BCUT2D eigenvalue weighted by Crippen LogP contribution is -2.18. The maximum Gasteiger partial charge on any atom is 0.272 e. The number of nitrogens with zero attached hydrogens (tertiary/aromatic N) is 1. The summed E-state index contributed by atoms with van der Waals surface area (Å²) in [6.45, 7) is 0. The highest BCUT2D eigenvalue weighted by molar-refractivity contribution is 6.36. The van der Waals surface area contributed by atoms with Gasteiger partial charge in [-0.05, 0) is 30.3 Å². The quantitative estimate of drug-likeness (QED) is 0.662. The van der Waals surface area contributed by atoms with Gasteiger partial charge in [0.2, 0.25) is 0 Å². The zero-order valence-electron chi connectivity index (χ0n) is 11.5. The molecule has 2 aromatic rings. The van der Waals surface area contributed by atoms with Gasteiger partial charge in [0.15, 0.2) is 0 Å². The van der Waals surface area contributed by atoms with Crippen molar-refractivity contribution in [1.82, 2.24) is 5.43 Å². The van der Waals surface area contributed by atoms with E-state index in [0.717, 1.165) is 0 Å². The molecule has 0 aliphatic rings. The van der Waals surface area contributed by atoms with Gasteiger partial charge in [-0.3, -0.25) is 4.79 Å².